The van der Waals surface area contributed by atoms with E-state index in [-0.39, 0.29) is 18.6 Å². The summed E-state index contributed by atoms with van der Waals surface area (Å²) >= 11 is 6.04. The molecule has 18 heavy (non-hydrogen) atoms. The summed E-state index contributed by atoms with van der Waals surface area (Å²) in [4.78, 5) is 14.1. The number of halogens is 1. The minimum atomic E-state index is -0.147. The van der Waals surface area contributed by atoms with Crippen molar-refractivity contribution in [3.05, 3.63) is 28.8 Å². The van der Waals surface area contributed by atoms with Crippen LogP contribution in [0.25, 0.3) is 0 Å². The first kappa shape index (κ1) is 13.2. The van der Waals surface area contributed by atoms with Gasteiger partial charge in [0.2, 0.25) is 0 Å². The number of aliphatic hydroxyl groups excluding tert-OH is 1. The maximum atomic E-state index is 12.4. The molecule has 0 bridgehead atoms. The molecule has 1 amide bonds. The molecule has 0 spiro atoms. The zero-order chi connectivity index (χ0) is 13.1. The molecule has 0 atom stereocenters. The van der Waals surface area contributed by atoms with Crippen LogP contribution in [0, 0.1) is 0 Å². The number of anilines is 1. The minimum absolute atomic E-state index is 0.0395. The summed E-state index contributed by atoms with van der Waals surface area (Å²) < 4.78 is 0. The van der Waals surface area contributed by atoms with E-state index in [1.165, 1.54) is 0 Å². The molecule has 1 aliphatic carbocycles. The van der Waals surface area contributed by atoms with E-state index in [4.69, 9.17) is 22.4 Å². The number of amides is 1. The highest BCUT2D eigenvalue weighted by Crippen LogP contribution is 2.28. The van der Waals surface area contributed by atoms with Crippen LogP contribution in [0.2, 0.25) is 5.02 Å². The number of nitrogen functional groups attached to an aromatic ring is 1. The highest BCUT2D eigenvalue weighted by atomic mass is 35.5. The number of hydrogen-bond donors (Lipinski definition) is 2. The van der Waals surface area contributed by atoms with Gasteiger partial charge >= 0.3 is 0 Å². The van der Waals surface area contributed by atoms with Crippen molar-refractivity contribution in [3.8, 4) is 0 Å². The zero-order valence-corrected chi connectivity index (χ0v) is 10.9. The van der Waals surface area contributed by atoms with Crippen molar-refractivity contribution in [3.63, 3.8) is 0 Å². The summed E-state index contributed by atoms with van der Waals surface area (Å²) in [6, 6.07) is 5.11. The van der Waals surface area contributed by atoms with Gasteiger partial charge in [-0.2, -0.15) is 0 Å². The molecule has 98 valence electrons. The van der Waals surface area contributed by atoms with E-state index in [2.05, 4.69) is 0 Å². The van der Waals surface area contributed by atoms with E-state index in [0.29, 0.717) is 22.8 Å². The molecule has 0 aromatic heterocycles. The van der Waals surface area contributed by atoms with Crippen LogP contribution in [0.4, 0.5) is 5.69 Å². The van der Waals surface area contributed by atoms with Gasteiger partial charge in [0.25, 0.3) is 5.91 Å². The summed E-state index contributed by atoms with van der Waals surface area (Å²) in [5, 5.41) is 9.47. The van der Waals surface area contributed by atoms with Gasteiger partial charge in [-0.1, -0.05) is 11.6 Å². The Morgan fingerprint density at radius 2 is 2.22 bits per heavy atom. The fourth-order valence-electron chi connectivity index (χ4n) is 2.12. The molecule has 0 heterocycles. The normalized spacial score (nSPS) is 15.2. The molecule has 2 rings (SSSR count). The Kier molecular flexibility index (Phi) is 4.09. The van der Waals surface area contributed by atoms with Crippen LogP contribution in [0.1, 0.15) is 29.6 Å². The number of carbonyl (C=O) groups is 1. The van der Waals surface area contributed by atoms with Crippen LogP contribution in [0.5, 0.6) is 0 Å². The van der Waals surface area contributed by atoms with Gasteiger partial charge in [0.1, 0.15) is 0 Å². The lowest BCUT2D eigenvalue weighted by Crippen LogP contribution is -2.45. The number of rotatable bonds is 4. The number of carbonyl (C=O) groups excluding carboxylic acids is 1. The first-order valence-corrected chi connectivity index (χ1v) is 6.48. The Hall–Kier alpha value is -1.26. The standard InChI is InChI=1S/C13H17ClN2O2/c14-12-5-4-9(15)8-11(12)13(18)16(6-7-17)10-2-1-3-10/h4-5,8,10,17H,1-3,6-7,15H2. The number of hydrogen-bond acceptors (Lipinski definition) is 3. The summed E-state index contributed by atoms with van der Waals surface area (Å²) in [6.07, 6.45) is 3.11. The Bertz CT molecular complexity index is 447. The van der Waals surface area contributed by atoms with Gasteiger partial charge in [0, 0.05) is 18.3 Å². The predicted molar refractivity (Wildman–Crippen MR) is 71.6 cm³/mol. The van der Waals surface area contributed by atoms with Gasteiger partial charge in [0.05, 0.1) is 17.2 Å². The van der Waals surface area contributed by atoms with Gasteiger partial charge in [-0.05, 0) is 37.5 Å². The average molecular weight is 269 g/mol. The van der Waals surface area contributed by atoms with Gasteiger partial charge in [0.15, 0.2) is 0 Å². The van der Waals surface area contributed by atoms with Crippen molar-refractivity contribution in [2.75, 3.05) is 18.9 Å². The summed E-state index contributed by atoms with van der Waals surface area (Å²) in [6.45, 7) is 0.302. The fraction of sp³-hybridized carbons (Fsp3) is 0.462. The second-order valence-corrected chi connectivity index (χ2v) is 4.95. The summed E-state index contributed by atoms with van der Waals surface area (Å²) in [7, 11) is 0. The third-order valence-corrected chi connectivity index (χ3v) is 3.67. The second kappa shape index (κ2) is 5.59. The average Bonchev–Trinajstić information content (AvgIpc) is 2.28. The molecule has 1 aromatic carbocycles. The van der Waals surface area contributed by atoms with Crippen LogP contribution in [-0.4, -0.2) is 35.1 Å². The Morgan fingerprint density at radius 3 is 2.78 bits per heavy atom. The molecule has 1 aliphatic rings. The van der Waals surface area contributed by atoms with Crippen molar-refractivity contribution < 1.29 is 9.90 Å². The van der Waals surface area contributed by atoms with E-state index >= 15 is 0 Å². The number of benzene rings is 1. The topological polar surface area (TPSA) is 66.6 Å². The molecule has 3 N–H and O–H groups in total. The Balaban J connectivity index is 2.23. The van der Waals surface area contributed by atoms with E-state index in [1.807, 2.05) is 0 Å². The van der Waals surface area contributed by atoms with Crippen LogP contribution in [-0.2, 0) is 0 Å². The smallest absolute Gasteiger partial charge is 0.255 e. The Labute approximate surface area is 111 Å². The van der Waals surface area contributed by atoms with Crippen molar-refractivity contribution in [1.82, 2.24) is 4.90 Å². The van der Waals surface area contributed by atoms with Crippen LogP contribution in [0.15, 0.2) is 18.2 Å². The number of nitrogens with zero attached hydrogens (tertiary/aromatic N) is 1. The van der Waals surface area contributed by atoms with E-state index in [0.717, 1.165) is 19.3 Å². The number of nitrogens with two attached hydrogens (primary N) is 1. The lowest BCUT2D eigenvalue weighted by molar-refractivity contribution is 0.0526. The molecule has 1 aromatic rings. The van der Waals surface area contributed by atoms with Crippen LogP contribution >= 0.6 is 11.6 Å². The molecule has 5 heteroatoms. The van der Waals surface area contributed by atoms with Gasteiger partial charge < -0.3 is 15.7 Å². The molecule has 4 nitrogen and oxygen atoms in total. The summed E-state index contributed by atoms with van der Waals surface area (Å²) in [5.41, 5.74) is 6.61. The first-order chi connectivity index (χ1) is 8.63. The molecular formula is C13H17ClN2O2. The summed E-state index contributed by atoms with van der Waals surface area (Å²) in [5.74, 6) is -0.147. The molecule has 0 unspecified atom stereocenters. The predicted octanol–water partition coefficient (Wildman–Crippen LogP) is 1.91. The lowest BCUT2D eigenvalue weighted by atomic mass is 9.91. The molecular weight excluding hydrogens is 252 g/mol. The maximum Gasteiger partial charge on any atom is 0.255 e. The quantitative estimate of drug-likeness (QED) is 0.820. The van der Waals surface area contributed by atoms with Gasteiger partial charge in [-0.25, -0.2) is 0 Å². The van der Waals surface area contributed by atoms with Gasteiger partial charge in [-0.15, -0.1) is 0 Å². The molecule has 0 saturated heterocycles. The Morgan fingerprint density at radius 1 is 1.50 bits per heavy atom. The third-order valence-electron chi connectivity index (χ3n) is 3.34. The molecule has 1 saturated carbocycles. The minimum Gasteiger partial charge on any atom is -0.399 e. The lowest BCUT2D eigenvalue weighted by Gasteiger charge is -2.37. The highest BCUT2D eigenvalue weighted by molar-refractivity contribution is 6.34. The second-order valence-electron chi connectivity index (χ2n) is 4.55. The zero-order valence-electron chi connectivity index (χ0n) is 10.1. The highest BCUT2D eigenvalue weighted by Gasteiger charge is 2.29. The SMILES string of the molecule is Nc1ccc(Cl)c(C(=O)N(CCO)C2CCC2)c1. The first-order valence-electron chi connectivity index (χ1n) is 6.10. The fourth-order valence-corrected chi connectivity index (χ4v) is 2.32. The maximum absolute atomic E-state index is 12.4. The monoisotopic (exact) mass is 268 g/mol. The van der Waals surface area contributed by atoms with E-state index < -0.39 is 0 Å². The van der Waals surface area contributed by atoms with Crippen molar-refractivity contribution in [1.29, 1.82) is 0 Å². The van der Waals surface area contributed by atoms with Crippen LogP contribution < -0.4 is 5.73 Å². The molecule has 1 fully saturated rings. The molecule has 0 radical (unpaired) electrons. The van der Waals surface area contributed by atoms with E-state index in [9.17, 15) is 4.79 Å². The molecule has 0 aliphatic heterocycles. The van der Waals surface area contributed by atoms with E-state index in [1.54, 1.807) is 23.1 Å². The van der Waals surface area contributed by atoms with Crippen molar-refractivity contribution in [2.24, 2.45) is 0 Å². The van der Waals surface area contributed by atoms with Crippen molar-refractivity contribution in [2.45, 2.75) is 25.3 Å². The largest absolute Gasteiger partial charge is 0.399 e. The van der Waals surface area contributed by atoms with Crippen LogP contribution in [0.3, 0.4) is 0 Å². The van der Waals surface area contributed by atoms with Crippen molar-refractivity contribution >= 4 is 23.2 Å². The van der Waals surface area contributed by atoms with Gasteiger partial charge in [-0.3, -0.25) is 4.79 Å². The third kappa shape index (κ3) is 2.60. The number of aliphatic hydroxyl groups is 1.